The molecule has 2 aliphatic carbocycles. The van der Waals surface area contributed by atoms with Gasteiger partial charge in [0.05, 0.1) is 29.1 Å². The summed E-state index contributed by atoms with van der Waals surface area (Å²) in [7, 11) is 0. The average Bonchev–Trinajstić information content (AvgIpc) is 2.93. The lowest BCUT2D eigenvalue weighted by Gasteiger charge is -2.33. The molecule has 3 aliphatic rings. The van der Waals surface area contributed by atoms with Crippen LogP contribution in [0.25, 0.3) is 0 Å². The van der Waals surface area contributed by atoms with Gasteiger partial charge in [0.15, 0.2) is 0 Å². The van der Waals surface area contributed by atoms with Gasteiger partial charge in [0, 0.05) is 24.0 Å². The number of fused-ring (bicyclic) bond motifs is 2. The van der Waals surface area contributed by atoms with Crippen LogP contribution in [0.15, 0.2) is 22.8 Å². The monoisotopic (exact) mass is 380 g/mol. The fourth-order valence-corrected chi connectivity index (χ4v) is 4.77. The molecule has 1 aliphatic heterocycles. The smallest absolute Gasteiger partial charge is 0.333 e. The van der Waals surface area contributed by atoms with E-state index < -0.39 is 53.3 Å². The van der Waals surface area contributed by atoms with Gasteiger partial charge in [-0.2, -0.15) is 0 Å². The van der Waals surface area contributed by atoms with Crippen LogP contribution in [0.4, 0.5) is 0 Å². The first-order valence-electron chi connectivity index (χ1n) is 9.33. The van der Waals surface area contributed by atoms with Gasteiger partial charge in [-0.15, -0.1) is 0 Å². The Balaban J connectivity index is 2.10. The fourth-order valence-electron chi connectivity index (χ4n) is 4.77. The zero-order valence-electron chi connectivity index (χ0n) is 16.4. The molecule has 7 atom stereocenters. The van der Waals surface area contributed by atoms with E-state index in [1.807, 2.05) is 0 Å². The van der Waals surface area contributed by atoms with Crippen LogP contribution in [0.5, 0.6) is 0 Å². The van der Waals surface area contributed by atoms with Crippen LogP contribution < -0.4 is 0 Å². The van der Waals surface area contributed by atoms with Crippen LogP contribution in [-0.2, 0) is 19.1 Å². The van der Waals surface area contributed by atoms with Crippen LogP contribution in [0.2, 0.25) is 0 Å². The molecule has 7 nitrogen and oxygen atoms in total. The van der Waals surface area contributed by atoms with Crippen molar-refractivity contribution in [1.82, 2.24) is 0 Å². The minimum absolute atomic E-state index is 0.00382. The van der Waals surface area contributed by atoms with Crippen molar-refractivity contribution in [3.8, 4) is 0 Å². The third kappa shape index (κ3) is 3.11. The van der Waals surface area contributed by atoms with Crippen molar-refractivity contribution in [2.75, 3.05) is 0 Å². The van der Waals surface area contributed by atoms with Gasteiger partial charge in [-0.3, -0.25) is 4.79 Å². The zero-order chi connectivity index (χ0) is 20.3. The largest absolute Gasteiger partial charge is 0.458 e. The standard InChI is InChI=1S/C20H28O7/c1-6-9(2)17(22)26-12-8-20(5,25)14-11(21)7-19(4,24)15(14)16-13(12)10(3)18(23)27-16/h6,10-13,16,21,24-25H,7-8H2,1-5H3/b9-6-/t10-,11-,12-,13+,16-,19+,20-/m1/s1. The molecular formula is C20H28O7. The summed E-state index contributed by atoms with van der Waals surface area (Å²) >= 11 is 0. The Hall–Kier alpha value is -1.70. The predicted molar refractivity (Wildman–Crippen MR) is 95.4 cm³/mol. The third-order valence-electron chi connectivity index (χ3n) is 6.24. The van der Waals surface area contributed by atoms with Crippen LogP contribution in [0, 0.1) is 11.8 Å². The van der Waals surface area contributed by atoms with Crippen molar-refractivity contribution < 1.29 is 34.4 Å². The summed E-state index contributed by atoms with van der Waals surface area (Å²) < 4.78 is 11.2. The summed E-state index contributed by atoms with van der Waals surface area (Å²) in [4.78, 5) is 24.7. The highest BCUT2D eigenvalue weighted by Crippen LogP contribution is 2.52. The number of rotatable bonds is 2. The molecule has 1 saturated heterocycles. The Bertz CT molecular complexity index is 731. The third-order valence-corrected chi connectivity index (χ3v) is 6.24. The maximum atomic E-state index is 12.4. The molecule has 1 heterocycles. The highest BCUT2D eigenvalue weighted by molar-refractivity contribution is 5.88. The maximum Gasteiger partial charge on any atom is 0.333 e. The molecule has 0 radical (unpaired) electrons. The van der Waals surface area contributed by atoms with Gasteiger partial charge in [-0.05, 0) is 33.3 Å². The lowest BCUT2D eigenvalue weighted by Crippen LogP contribution is -2.42. The van der Waals surface area contributed by atoms with E-state index in [1.54, 1.807) is 33.8 Å². The second-order valence-electron chi connectivity index (χ2n) is 8.44. The Morgan fingerprint density at radius 3 is 2.41 bits per heavy atom. The second-order valence-corrected chi connectivity index (χ2v) is 8.44. The van der Waals surface area contributed by atoms with Crippen molar-refractivity contribution >= 4 is 11.9 Å². The lowest BCUT2D eigenvalue weighted by atomic mass is 9.80. The van der Waals surface area contributed by atoms with E-state index in [4.69, 9.17) is 9.47 Å². The van der Waals surface area contributed by atoms with E-state index in [0.717, 1.165) is 0 Å². The number of carbonyl (C=O) groups is 2. The Morgan fingerprint density at radius 2 is 1.81 bits per heavy atom. The molecule has 7 heteroatoms. The van der Waals surface area contributed by atoms with E-state index in [0.29, 0.717) is 11.1 Å². The lowest BCUT2D eigenvalue weighted by molar-refractivity contribution is -0.151. The molecule has 150 valence electrons. The predicted octanol–water partition coefficient (Wildman–Crippen LogP) is 1.01. The minimum atomic E-state index is -1.51. The molecular weight excluding hydrogens is 352 g/mol. The fraction of sp³-hybridized carbons (Fsp3) is 0.700. The van der Waals surface area contributed by atoms with Crippen LogP contribution >= 0.6 is 0 Å². The van der Waals surface area contributed by atoms with Gasteiger partial charge in [-0.1, -0.05) is 13.0 Å². The van der Waals surface area contributed by atoms with Crippen molar-refractivity contribution in [1.29, 1.82) is 0 Å². The van der Waals surface area contributed by atoms with Crippen molar-refractivity contribution in [2.45, 2.75) is 77.0 Å². The molecule has 1 fully saturated rings. The molecule has 27 heavy (non-hydrogen) atoms. The molecule has 0 saturated carbocycles. The molecule has 0 bridgehead atoms. The molecule has 0 aromatic heterocycles. The molecule has 0 unspecified atom stereocenters. The molecule has 3 N–H and O–H groups in total. The highest BCUT2D eigenvalue weighted by Gasteiger charge is 2.60. The second kappa shape index (κ2) is 6.43. The number of allylic oxidation sites excluding steroid dienone is 1. The van der Waals surface area contributed by atoms with E-state index in [2.05, 4.69) is 0 Å². The van der Waals surface area contributed by atoms with E-state index in [-0.39, 0.29) is 18.4 Å². The van der Waals surface area contributed by atoms with Gasteiger partial charge in [-0.25, -0.2) is 4.79 Å². The van der Waals surface area contributed by atoms with Crippen molar-refractivity contribution in [2.24, 2.45) is 11.8 Å². The van der Waals surface area contributed by atoms with E-state index >= 15 is 0 Å². The Kier molecular flexibility index (Phi) is 4.77. The topological polar surface area (TPSA) is 113 Å². The number of aliphatic hydroxyl groups is 3. The van der Waals surface area contributed by atoms with Gasteiger partial charge in [0.1, 0.15) is 12.2 Å². The normalized spacial score (nSPS) is 44.5. The average molecular weight is 380 g/mol. The van der Waals surface area contributed by atoms with Crippen molar-refractivity contribution in [3.05, 3.63) is 22.8 Å². The van der Waals surface area contributed by atoms with E-state index in [9.17, 15) is 24.9 Å². The first kappa shape index (κ1) is 20.0. The molecule has 0 spiro atoms. The zero-order valence-corrected chi connectivity index (χ0v) is 16.4. The van der Waals surface area contributed by atoms with Gasteiger partial charge in [0.2, 0.25) is 0 Å². The Labute approximate surface area is 158 Å². The maximum absolute atomic E-state index is 12.4. The number of aliphatic hydroxyl groups excluding tert-OH is 1. The van der Waals surface area contributed by atoms with Crippen LogP contribution in [-0.4, -0.2) is 56.8 Å². The number of esters is 2. The van der Waals surface area contributed by atoms with Gasteiger partial charge < -0.3 is 24.8 Å². The molecule has 0 aromatic carbocycles. The number of hydrogen-bond donors (Lipinski definition) is 3. The quantitative estimate of drug-likeness (QED) is 0.372. The number of carbonyl (C=O) groups excluding carboxylic acids is 2. The van der Waals surface area contributed by atoms with Crippen LogP contribution in [0.3, 0.4) is 0 Å². The summed E-state index contributed by atoms with van der Waals surface area (Å²) in [6.45, 7) is 8.11. The first-order valence-corrected chi connectivity index (χ1v) is 9.33. The van der Waals surface area contributed by atoms with Crippen molar-refractivity contribution in [3.63, 3.8) is 0 Å². The van der Waals surface area contributed by atoms with E-state index in [1.165, 1.54) is 6.92 Å². The minimum Gasteiger partial charge on any atom is -0.458 e. The SMILES string of the molecule is C/C=C(/C)C(=O)O[C@@H]1C[C@@](C)(O)C2=C([C@@H]3OC(=O)[C@H](C)[C@@H]13)[C@@](C)(O)C[C@H]2O. The summed E-state index contributed by atoms with van der Waals surface area (Å²) in [6.07, 6.45) is -1.07. The Morgan fingerprint density at radius 1 is 1.22 bits per heavy atom. The summed E-state index contributed by atoms with van der Waals surface area (Å²) in [6, 6.07) is 0. The number of hydrogen-bond acceptors (Lipinski definition) is 7. The highest BCUT2D eigenvalue weighted by atomic mass is 16.6. The summed E-state index contributed by atoms with van der Waals surface area (Å²) in [5, 5.41) is 32.6. The molecule has 0 amide bonds. The van der Waals surface area contributed by atoms with Crippen LogP contribution in [0.1, 0.15) is 47.5 Å². The summed E-state index contributed by atoms with van der Waals surface area (Å²) in [5.41, 5.74) is -1.92. The first-order chi connectivity index (χ1) is 12.4. The molecule has 0 aromatic rings. The number of ether oxygens (including phenoxy) is 2. The van der Waals surface area contributed by atoms with Gasteiger partial charge in [0.25, 0.3) is 0 Å². The summed E-state index contributed by atoms with van der Waals surface area (Å²) in [5.74, 6) is -2.10. The van der Waals surface area contributed by atoms with Gasteiger partial charge >= 0.3 is 11.9 Å². The molecule has 3 rings (SSSR count).